The molecule has 0 heterocycles. The molecule has 1 unspecified atom stereocenters. The van der Waals surface area contributed by atoms with Gasteiger partial charge in [0.2, 0.25) is 0 Å². The summed E-state index contributed by atoms with van der Waals surface area (Å²) >= 11 is 0. The Balaban J connectivity index is 2.15. The molecular formula is C16H14F2O4. The van der Waals surface area contributed by atoms with Crippen LogP contribution in [0.5, 0.6) is 5.75 Å². The van der Waals surface area contributed by atoms with Crippen molar-refractivity contribution in [2.24, 2.45) is 0 Å². The molecule has 0 aliphatic carbocycles. The number of para-hydroxylation sites is 1. The molecule has 2 aromatic carbocycles. The number of benzene rings is 2. The molecule has 0 aromatic heterocycles. The molecular weight excluding hydrogens is 294 g/mol. The maximum Gasteiger partial charge on any atom is 0.341 e. The first-order valence-corrected chi connectivity index (χ1v) is 6.46. The van der Waals surface area contributed by atoms with Crippen LogP contribution in [0.25, 0.3) is 0 Å². The van der Waals surface area contributed by atoms with Gasteiger partial charge in [0.15, 0.2) is 0 Å². The fourth-order valence-corrected chi connectivity index (χ4v) is 1.95. The van der Waals surface area contributed by atoms with Gasteiger partial charge in [-0.25, -0.2) is 13.6 Å². The van der Waals surface area contributed by atoms with Crippen LogP contribution in [0.2, 0.25) is 0 Å². The Kier molecular flexibility index (Phi) is 5.06. The monoisotopic (exact) mass is 308 g/mol. The lowest BCUT2D eigenvalue weighted by Gasteiger charge is -2.15. The highest BCUT2D eigenvalue weighted by Crippen LogP contribution is 2.24. The summed E-state index contributed by atoms with van der Waals surface area (Å²) in [6.07, 6.45) is -1.51. The minimum atomic E-state index is -1.51. The van der Waals surface area contributed by atoms with E-state index in [4.69, 9.17) is 4.74 Å². The normalized spacial score (nSPS) is 11.8. The van der Waals surface area contributed by atoms with Crippen LogP contribution in [-0.4, -0.2) is 24.8 Å². The van der Waals surface area contributed by atoms with Crippen molar-refractivity contribution in [1.29, 1.82) is 0 Å². The number of aliphatic hydroxyl groups is 1. The van der Waals surface area contributed by atoms with Gasteiger partial charge >= 0.3 is 5.97 Å². The smallest absolute Gasteiger partial charge is 0.341 e. The van der Waals surface area contributed by atoms with Gasteiger partial charge in [-0.15, -0.1) is 0 Å². The molecule has 1 N–H and O–H groups in total. The van der Waals surface area contributed by atoms with E-state index >= 15 is 0 Å². The van der Waals surface area contributed by atoms with Crippen LogP contribution in [0.3, 0.4) is 0 Å². The minimum absolute atomic E-state index is 0.158. The van der Waals surface area contributed by atoms with E-state index in [-0.39, 0.29) is 11.3 Å². The largest absolute Gasteiger partial charge is 0.490 e. The number of carbonyl (C=O) groups is 1. The minimum Gasteiger partial charge on any atom is -0.490 e. The Morgan fingerprint density at radius 3 is 2.41 bits per heavy atom. The van der Waals surface area contributed by atoms with E-state index in [1.807, 2.05) is 0 Å². The fraction of sp³-hybridized carbons (Fsp3) is 0.188. The van der Waals surface area contributed by atoms with Gasteiger partial charge in [0.1, 0.15) is 35.7 Å². The van der Waals surface area contributed by atoms with Gasteiger partial charge in [-0.2, -0.15) is 0 Å². The molecule has 0 spiro atoms. The second-order valence-corrected chi connectivity index (χ2v) is 4.45. The van der Waals surface area contributed by atoms with Gasteiger partial charge in [-0.05, 0) is 24.3 Å². The second-order valence-electron chi connectivity index (χ2n) is 4.45. The fourth-order valence-electron chi connectivity index (χ4n) is 1.95. The number of halogens is 2. The van der Waals surface area contributed by atoms with E-state index in [0.29, 0.717) is 0 Å². The van der Waals surface area contributed by atoms with Crippen molar-refractivity contribution in [2.45, 2.75) is 6.10 Å². The van der Waals surface area contributed by atoms with E-state index in [1.54, 1.807) is 12.1 Å². The number of esters is 1. The molecule has 0 fully saturated rings. The Labute approximate surface area is 125 Å². The van der Waals surface area contributed by atoms with Crippen molar-refractivity contribution in [3.63, 3.8) is 0 Å². The van der Waals surface area contributed by atoms with Crippen molar-refractivity contribution >= 4 is 5.97 Å². The predicted molar refractivity (Wildman–Crippen MR) is 74.6 cm³/mol. The Morgan fingerprint density at radius 2 is 1.77 bits per heavy atom. The summed E-state index contributed by atoms with van der Waals surface area (Å²) in [5.41, 5.74) is -0.316. The zero-order valence-corrected chi connectivity index (χ0v) is 11.8. The Hall–Kier alpha value is -2.47. The number of methoxy groups -OCH3 is 1. The van der Waals surface area contributed by atoms with Gasteiger partial charge in [0.25, 0.3) is 0 Å². The third kappa shape index (κ3) is 3.40. The van der Waals surface area contributed by atoms with Crippen LogP contribution >= 0.6 is 0 Å². The molecule has 4 nitrogen and oxygen atoms in total. The summed E-state index contributed by atoms with van der Waals surface area (Å²) in [5, 5.41) is 9.91. The highest BCUT2D eigenvalue weighted by Gasteiger charge is 2.20. The van der Waals surface area contributed by atoms with Crippen LogP contribution in [0, 0.1) is 11.6 Å². The van der Waals surface area contributed by atoms with Crippen molar-refractivity contribution < 1.29 is 28.2 Å². The maximum atomic E-state index is 13.6. The number of hydrogen-bond donors (Lipinski definition) is 1. The van der Waals surface area contributed by atoms with E-state index in [9.17, 15) is 18.7 Å². The van der Waals surface area contributed by atoms with E-state index in [0.717, 1.165) is 12.1 Å². The number of hydrogen-bond acceptors (Lipinski definition) is 4. The average molecular weight is 308 g/mol. The van der Waals surface area contributed by atoms with E-state index < -0.39 is 35.9 Å². The van der Waals surface area contributed by atoms with Crippen molar-refractivity contribution in [3.05, 3.63) is 65.2 Å². The van der Waals surface area contributed by atoms with Gasteiger partial charge in [-0.3, -0.25) is 0 Å². The van der Waals surface area contributed by atoms with Crippen molar-refractivity contribution in [2.75, 3.05) is 13.7 Å². The first kappa shape index (κ1) is 15.9. The number of carbonyl (C=O) groups excluding carboxylic acids is 1. The van der Waals surface area contributed by atoms with E-state index in [1.165, 1.54) is 25.3 Å². The summed E-state index contributed by atoms with van der Waals surface area (Å²) < 4.78 is 37.0. The van der Waals surface area contributed by atoms with Crippen LogP contribution in [0.1, 0.15) is 22.0 Å². The zero-order valence-electron chi connectivity index (χ0n) is 11.8. The Bertz CT molecular complexity index is 653. The SMILES string of the molecule is COC(=O)c1ccccc1OCC(O)c1c(F)cccc1F. The molecule has 2 rings (SSSR count). The zero-order chi connectivity index (χ0) is 16.1. The van der Waals surface area contributed by atoms with Crippen LogP contribution in [0.4, 0.5) is 8.78 Å². The molecule has 0 aliphatic rings. The summed E-state index contributed by atoms with van der Waals surface area (Å²) in [5.74, 6) is -2.18. The average Bonchev–Trinajstić information content (AvgIpc) is 2.52. The lowest BCUT2D eigenvalue weighted by molar-refractivity contribution is 0.0587. The molecule has 6 heteroatoms. The summed E-state index contributed by atoms with van der Waals surface area (Å²) in [6, 6.07) is 9.51. The quantitative estimate of drug-likeness (QED) is 0.863. The summed E-state index contributed by atoms with van der Waals surface area (Å²) in [6.45, 7) is -0.411. The number of ether oxygens (including phenoxy) is 2. The first-order chi connectivity index (χ1) is 10.5. The second kappa shape index (κ2) is 7.00. The van der Waals surface area contributed by atoms with Crippen LogP contribution in [0.15, 0.2) is 42.5 Å². The molecule has 116 valence electrons. The third-order valence-corrected chi connectivity index (χ3v) is 3.02. The van der Waals surface area contributed by atoms with Crippen LogP contribution < -0.4 is 4.74 Å². The predicted octanol–water partition coefficient (Wildman–Crippen LogP) is 2.86. The number of rotatable bonds is 5. The topological polar surface area (TPSA) is 55.8 Å². The molecule has 0 saturated heterocycles. The highest BCUT2D eigenvalue weighted by molar-refractivity contribution is 5.92. The third-order valence-electron chi connectivity index (χ3n) is 3.02. The van der Waals surface area contributed by atoms with Crippen molar-refractivity contribution in [1.82, 2.24) is 0 Å². The molecule has 2 aromatic rings. The molecule has 1 atom stereocenters. The van der Waals surface area contributed by atoms with Gasteiger partial charge in [-0.1, -0.05) is 18.2 Å². The lowest BCUT2D eigenvalue weighted by atomic mass is 10.1. The standard InChI is InChI=1S/C16H14F2O4/c1-21-16(20)10-5-2-3-8-14(10)22-9-13(19)15-11(17)6-4-7-12(15)18/h2-8,13,19H,9H2,1H3. The van der Waals surface area contributed by atoms with Crippen LogP contribution in [-0.2, 0) is 4.74 Å². The molecule has 22 heavy (non-hydrogen) atoms. The maximum absolute atomic E-state index is 13.6. The molecule has 0 amide bonds. The summed E-state index contributed by atoms with van der Waals surface area (Å²) in [4.78, 5) is 11.6. The first-order valence-electron chi connectivity index (χ1n) is 6.46. The summed E-state index contributed by atoms with van der Waals surface area (Å²) in [7, 11) is 1.22. The van der Waals surface area contributed by atoms with E-state index in [2.05, 4.69) is 4.74 Å². The van der Waals surface area contributed by atoms with Gasteiger partial charge in [0, 0.05) is 0 Å². The van der Waals surface area contributed by atoms with Gasteiger partial charge in [0.05, 0.1) is 12.7 Å². The Morgan fingerprint density at radius 1 is 1.14 bits per heavy atom. The molecule has 0 saturated carbocycles. The molecule has 0 aliphatic heterocycles. The molecule has 0 bridgehead atoms. The number of aliphatic hydroxyl groups excluding tert-OH is 1. The highest BCUT2D eigenvalue weighted by atomic mass is 19.1. The van der Waals surface area contributed by atoms with Crippen molar-refractivity contribution in [3.8, 4) is 5.75 Å². The van der Waals surface area contributed by atoms with Gasteiger partial charge < -0.3 is 14.6 Å². The lowest BCUT2D eigenvalue weighted by Crippen LogP contribution is -2.14. The molecule has 0 radical (unpaired) electrons.